The third-order valence-electron chi connectivity index (χ3n) is 9.64. The van der Waals surface area contributed by atoms with E-state index in [1.165, 1.54) is 24.9 Å². The van der Waals surface area contributed by atoms with E-state index in [2.05, 4.69) is 22.9 Å². The second kappa shape index (κ2) is 26.2. The summed E-state index contributed by atoms with van der Waals surface area (Å²) in [6.45, 7) is 13.1. The molecule has 0 spiro atoms. The third-order valence-corrected chi connectivity index (χ3v) is 19.7. The summed E-state index contributed by atoms with van der Waals surface area (Å²) in [6.07, 6.45) is 6.54. The van der Waals surface area contributed by atoms with Gasteiger partial charge in [-0.1, -0.05) is 12.1 Å². The Kier molecular flexibility index (Phi) is 24.3. The van der Waals surface area contributed by atoms with Crippen LogP contribution in [0.2, 0.25) is 37.3 Å². The van der Waals surface area contributed by atoms with Gasteiger partial charge in [0.25, 0.3) is 0 Å². The number of methoxy groups -OCH3 is 4. The van der Waals surface area contributed by atoms with Gasteiger partial charge >= 0.3 is 17.1 Å². The number of nitrogens with zero attached hydrogens (tertiary/aromatic N) is 2. The molecule has 2 rings (SSSR count). The number of ether oxygens (including phenoxy) is 6. The highest BCUT2D eigenvalue weighted by molar-refractivity contribution is 6.66. The average Bonchev–Trinajstić information content (AvgIpc) is 3.07. The van der Waals surface area contributed by atoms with Crippen LogP contribution in [0.4, 0.5) is 0 Å². The van der Waals surface area contributed by atoms with E-state index >= 15 is 0 Å². The molecule has 4 atom stereocenters. The predicted molar refractivity (Wildman–Crippen MR) is 201 cm³/mol. The smallest absolute Gasteiger partial charge is 0.335 e. The molecule has 0 radical (unpaired) electrons. The molecule has 16 heteroatoms. The van der Waals surface area contributed by atoms with Crippen LogP contribution >= 0.6 is 0 Å². The molecular weight excluding hydrogens is 685 g/mol. The highest BCUT2D eigenvalue weighted by Crippen LogP contribution is 2.23. The lowest BCUT2D eigenvalue weighted by Crippen LogP contribution is -2.50. The molecule has 0 N–H and O–H groups in total. The second-order valence-corrected chi connectivity index (χ2v) is 24.3. The van der Waals surface area contributed by atoms with Crippen molar-refractivity contribution in [3.05, 3.63) is 0 Å². The quantitative estimate of drug-likeness (QED) is 0.0779. The fourth-order valence-electron chi connectivity index (χ4n) is 6.58. The third kappa shape index (κ3) is 18.8. The zero-order chi connectivity index (χ0) is 35.1. The van der Waals surface area contributed by atoms with E-state index in [9.17, 15) is 0 Å². The molecule has 286 valence electrons. The lowest BCUT2D eigenvalue weighted by atomic mass is 10.3. The van der Waals surface area contributed by atoms with Crippen LogP contribution < -0.4 is 0 Å². The van der Waals surface area contributed by atoms with Crippen molar-refractivity contribution in [2.75, 3.05) is 108 Å². The van der Waals surface area contributed by atoms with Gasteiger partial charge in [-0.15, -0.1) is 0 Å². The van der Waals surface area contributed by atoms with Crippen LogP contribution in [-0.4, -0.2) is 178 Å². The van der Waals surface area contributed by atoms with Crippen LogP contribution in [0.5, 0.6) is 0 Å². The molecule has 0 aromatic heterocycles. The summed E-state index contributed by atoms with van der Waals surface area (Å²) in [7, 11) is 5.40. The van der Waals surface area contributed by atoms with E-state index in [4.69, 9.17) is 46.1 Å². The highest BCUT2D eigenvalue weighted by Gasteiger charge is 2.37. The first-order valence-corrected chi connectivity index (χ1v) is 27.1. The topological polar surface area (TPSA) is 98.8 Å². The van der Waals surface area contributed by atoms with Crippen LogP contribution in [0, 0.1) is 0 Å². The Labute approximate surface area is 299 Å². The molecule has 0 saturated carbocycles. The Balaban J connectivity index is 1.72. The minimum absolute atomic E-state index is 0.0203. The standard InChI is InChI=1S/C32H72N2O10Si4/c1-35-31(36-2)45-21-11-15-33-17-13-23-47(7,39-5)43-29(25-33)27-41-19-9-10-20-42-28-30-26-34(16-12-22-46-32(37-3)38-4)18-14-24-48(8,40-6)44-30/h29-32H,9-28,45-46H2,1-8H3. The summed E-state index contributed by atoms with van der Waals surface area (Å²) in [4.78, 5) is 5.09. The largest absolute Gasteiger partial charge is 0.398 e. The number of rotatable bonds is 25. The van der Waals surface area contributed by atoms with Crippen molar-refractivity contribution < 1.29 is 46.1 Å². The molecule has 2 heterocycles. The van der Waals surface area contributed by atoms with Crippen molar-refractivity contribution in [2.24, 2.45) is 0 Å². The number of hydrogen-bond donors (Lipinski definition) is 0. The van der Waals surface area contributed by atoms with Crippen LogP contribution in [0.1, 0.15) is 38.5 Å². The average molecular weight is 757 g/mol. The molecule has 0 amide bonds. The lowest BCUT2D eigenvalue weighted by Gasteiger charge is -2.37. The van der Waals surface area contributed by atoms with Gasteiger partial charge in [-0.3, -0.25) is 0 Å². The van der Waals surface area contributed by atoms with E-state index in [-0.39, 0.29) is 24.0 Å². The summed E-state index contributed by atoms with van der Waals surface area (Å²) < 4.78 is 59.0. The fraction of sp³-hybridized carbons (Fsp3) is 1.00. The van der Waals surface area contributed by atoms with Crippen molar-refractivity contribution in [1.29, 1.82) is 0 Å². The summed E-state index contributed by atoms with van der Waals surface area (Å²) in [5.74, 6) is 0.0406. The monoisotopic (exact) mass is 756 g/mol. The van der Waals surface area contributed by atoms with Crippen molar-refractivity contribution in [3.8, 4) is 0 Å². The van der Waals surface area contributed by atoms with Crippen molar-refractivity contribution >= 4 is 36.2 Å². The molecule has 0 aliphatic carbocycles. The molecule has 0 aromatic rings. The van der Waals surface area contributed by atoms with Gasteiger partial charge < -0.3 is 55.9 Å². The van der Waals surface area contributed by atoms with Gasteiger partial charge in [-0.2, -0.15) is 0 Å². The molecule has 0 aromatic carbocycles. The number of unbranched alkanes of at least 4 members (excludes halogenated alkanes) is 1. The SMILES string of the molecule is COC(OC)[SiH2]CCCN1CCC[Si](C)(OC)OC(COCCCCOCC2CN(CCC[SiH2]C(OC)OC)CCC[Si](C)(OC)O2)C1. The molecule has 2 aliphatic rings. The molecule has 12 nitrogen and oxygen atoms in total. The predicted octanol–water partition coefficient (Wildman–Crippen LogP) is 2.53. The molecule has 48 heavy (non-hydrogen) atoms. The summed E-state index contributed by atoms with van der Waals surface area (Å²) >= 11 is 0. The van der Waals surface area contributed by atoms with Gasteiger partial charge in [0.2, 0.25) is 0 Å². The highest BCUT2D eigenvalue weighted by atomic mass is 28.4. The number of hydrogen-bond acceptors (Lipinski definition) is 12. The molecular formula is C32H72N2O10Si4. The van der Waals surface area contributed by atoms with Crippen molar-refractivity contribution in [1.82, 2.24) is 9.80 Å². The summed E-state index contributed by atoms with van der Waals surface area (Å²) in [6, 6.07) is 4.44. The first-order chi connectivity index (χ1) is 23.2. The molecule has 0 bridgehead atoms. The zero-order valence-corrected chi connectivity index (χ0v) is 36.7. The van der Waals surface area contributed by atoms with Crippen LogP contribution in [0.15, 0.2) is 0 Å². The minimum Gasteiger partial charge on any atom is -0.398 e. The van der Waals surface area contributed by atoms with Gasteiger partial charge in [0.15, 0.2) is 0 Å². The maximum absolute atomic E-state index is 6.62. The van der Waals surface area contributed by atoms with Crippen LogP contribution in [0.3, 0.4) is 0 Å². The van der Waals surface area contributed by atoms with E-state index < -0.39 is 36.2 Å². The Hall–Kier alpha value is 0.388. The van der Waals surface area contributed by atoms with Gasteiger partial charge in [0.1, 0.15) is 11.8 Å². The zero-order valence-electron chi connectivity index (χ0n) is 31.8. The van der Waals surface area contributed by atoms with E-state index in [0.29, 0.717) is 26.4 Å². The van der Waals surface area contributed by atoms with E-state index in [1.54, 1.807) is 42.7 Å². The fourth-order valence-corrected chi connectivity index (χ4v) is 13.3. The molecule has 2 aliphatic heterocycles. The Bertz CT molecular complexity index is 733. The van der Waals surface area contributed by atoms with Gasteiger partial charge in [-0.25, -0.2) is 0 Å². The molecule has 2 fully saturated rings. The summed E-state index contributed by atoms with van der Waals surface area (Å²) in [5.41, 5.74) is 0. The first-order valence-electron chi connectivity index (χ1n) is 18.4. The van der Waals surface area contributed by atoms with Crippen LogP contribution in [-0.2, 0) is 46.1 Å². The normalized spacial score (nSPS) is 27.4. The van der Waals surface area contributed by atoms with Crippen LogP contribution in [0.25, 0.3) is 0 Å². The van der Waals surface area contributed by atoms with E-state index in [1.807, 2.05) is 0 Å². The van der Waals surface area contributed by atoms with E-state index in [0.717, 1.165) is 77.0 Å². The lowest BCUT2D eigenvalue weighted by molar-refractivity contribution is -0.0443. The second-order valence-electron chi connectivity index (χ2n) is 13.6. The van der Waals surface area contributed by atoms with Crippen molar-refractivity contribution in [3.63, 3.8) is 0 Å². The minimum atomic E-state index is -2.18. The van der Waals surface area contributed by atoms with Gasteiger partial charge in [-0.05, 0) is 89.9 Å². The first kappa shape index (κ1) is 44.5. The summed E-state index contributed by atoms with van der Waals surface area (Å²) in [5, 5.41) is 0. The maximum Gasteiger partial charge on any atom is 0.335 e. The Morgan fingerprint density at radius 1 is 0.625 bits per heavy atom. The molecule has 4 unspecified atom stereocenters. The Morgan fingerprint density at radius 2 is 1.02 bits per heavy atom. The Morgan fingerprint density at radius 3 is 1.38 bits per heavy atom. The van der Waals surface area contributed by atoms with Gasteiger partial charge in [0.05, 0.1) is 44.5 Å². The van der Waals surface area contributed by atoms with Gasteiger partial charge in [0, 0.05) is 69.0 Å². The van der Waals surface area contributed by atoms with Crippen molar-refractivity contribution in [2.45, 2.75) is 99.8 Å². The maximum atomic E-state index is 6.62. The molecule has 2 saturated heterocycles.